The molecule has 2 N–H and O–H groups in total. The lowest BCUT2D eigenvalue weighted by Gasteiger charge is -2.11. The molecular weight excluding hydrogens is 689 g/mol. The van der Waals surface area contributed by atoms with Crippen molar-refractivity contribution < 1.29 is 9.47 Å². The number of fused-ring (bicyclic) bond motifs is 8. The minimum absolute atomic E-state index is 0.473. The number of benzene rings is 4. The summed E-state index contributed by atoms with van der Waals surface area (Å²) >= 11 is 0. The molecule has 0 saturated heterocycles. The molecular formula is C50H42N4O2. The number of nitrogens with zero attached hydrogens (tertiary/aromatic N) is 2. The monoisotopic (exact) mass is 730 g/mol. The molecule has 0 saturated carbocycles. The van der Waals surface area contributed by atoms with Gasteiger partial charge in [-0.25, -0.2) is 9.98 Å². The summed E-state index contributed by atoms with van der Waals surface area (Å²) in [5.74, 6) is 1.10. The van der Waals surface area contributed by atoms with Gasteiger partial charge in [0.15, 0.2) is 5.75 Å². The van der Waals surface area contributed by atoms with E-state index in [-0.39, 0.29) is 0 Å². The van der Waals surface area contributed by atoms with Gasteiger partial charge in [-0.2, -0.15) is 0 Å². The molecule has 0 atom stereocenters. The maximum Gasteiger partial charge on any atom is 0.225 e. The highest BCUT2D eigenvalue weighted by Crippen LogP contribution is 2.49. The van der Waals surface area contributed by atoms with Gasteiger partial charge in [0.05, 0.1) is 31.2 Å². The second-order valence-electron chi connectivity index (χ2n) is 14.6. The van der Waals surface area contributed by atoms with Crippen LogP contribution < -0.4 is 4.74 Å². The molecule has 274 valence electrons. The minimum Gasteiger partial charge on any atom is -0.494 e. The number of aromatic nitrogens is 3. The number of hydrogen-bond donors (Lipinski definition) is 2. The second-order valence-corrected chi connectivity index (χ2v) is 14.6. The van der Waals surface area contributed by atoms with Crippen LogP contribution in [0.15, 0.2) is 126 Å². The van der Waals surface area contributed by atoms with Crippen molar-refractivity contribution in [1.29, 1.82) is 0 Å². The Bertz CT molecular complexity index is 2870. The Hall–Kier alpha value is -6.92. The zero-order chi connectivity index (χ0) is 38.5. The predicted molar refractivity (Wildman–Crippen MR) is 233 cm³/mol. The van der Waals surface area contributed by atoms with Gasteiger partial charge < -0.3 is 19.4 Å². The summed E-state index contributed by atoms with van der Waals surface area (Å²) in [6.45, 7) is 8.42. The van der Waals surface area contributed by atoms with E-state index >= 15 is 0 Å². The Kier molecular flexibility index (Phi) is 8.74. The molecule has 0 spiro atoms. The number of nitrogens with one attached hydrogen (secondary N) is 2. The summed E-state index contributed by atoms with van der Waals surface area (Å²) in [4.78, 5) is 18.4. The van der Waals surface area contributed by atoms with E-state index in [2.05, 4.69) is 171 Å². The normalized spacial score (nSPS) is 12.1. The number of H-pyrrole nitrogens is 2. The highest BCUT2D eigenvalue weighted by Gasteiger charge is 2.29. The van der Waals surface area contributed by atoms with E-state index in [9.17, 15) is 0 Å². The van der Waals surface area contributed by atoms with Gasteiger partial charge >= 0.3 is 0 Å². The summed E-state index contributed by atoms with van der Waals surface area (Å²) in [7, 11) is 3.39. The standard InChI is InChI=1S/C50H42N4O2/c1-29-7-15-33(16-8-29)43-37-23-24-38(51-37)44(34-17-9-30(2)10-18-34)40-26-28-42(53-40)46(36-21-13-32(4)14-22-36)48-49(55-5)47(50(54-48)56-6)45(41-27-25-39(43)52-41)35-19-11-31(3)12-20-35/h7-28,52-53H,1-6H3. The van der Waals surface area contributed by atoms with Crippen LogP contribution in [0.2, 0.25) is 0 Å². The smallest absolute Gasteiger partial charge is 0.225 e. The van der Waals surface area contributed by atoms with Crippen molar-refractivity contribution in [2.75, 3.05) is 14.2 Å². The number of ether oxygens (including phenoxy) is 2. The Balaban J connectivity index is 1.53. The van der Waals surface area contributed by atoms with E-state index in [1.54, 1.807) is 14.2 Å². The van der Waals surface area contributed by atoms with Crippen molar-refractivity contribution in [3.05, 3.63) is 161 Å². The molecule has 8 bridgehead atoms. The Morgan fingerprint density at radius 2 is 0.750 bits per heavy atom. The number of aliphatic imine (C=N–C) groups is 1. The van der Waals surface area contributed by atoms with Crippen LogP contribution >= 0.6 is 0 Å². The number of rotatable bonds is 5. The lowest BCUT2D eigenvalue weighted by molar-refractivity contribution is 0.399. The number of aryl methyl sites for hydroxylation is 4. The SMILES string of the molecule is COC1=Nc2c(OC)c1c(-c1ccc(C)cc1)c1ccc([nH]1)c(-c1ccc(C)cc1)c1nc(c(-c3ccc(C)cc3)c3ccc([nH]3)c2-c2ccc(C)cc2)C=C1. The molecule has 6 heteroatoms. The highest BCUT2D eigenvalue weighted by atomic mass is 16.5. The average molecular weight is 731 g/mol. The zero-order valence-corrected chi connectivity index (χ0v) is 32.4. The maximum atomic E-state index is 6.44. The Morgan fingerprint density at radius 3 is 1.14 bits per heavy atom. The van der Waals surface area contributed by atoms with Crippen LogP contribution in [0.3, 0.4) is 0 Å². The van der Waals surface area contributed by atoms with E-state index in [0.29, 0.717) is 17.3 Å². The average Bonchev–Trinajstić information content (AvgIpc) is 4.04. The Labute approximate surface area is 326 Å². The van der Waals surface area contributed by atoms with Gasteiger partial charge in [-0.1, -0.05) is 119 Å². The molecule has 0 unspecified atom stereocenters. The first-order valence-corrected chi connectivity index (χ1v) is 18.9. The third-order valence-electron chi connectivity index (χ3n) is 10.7. The molecule has 4 aromatic carbocycles. The molecule has 56 heavy (non-hydrogen) atoms. The number of aromatic amines is 2. The van der Waals surface area contributed by atoms with Gasteiger partial charge in [-0.3, -0.25) is 0 Å². The molecule has 3 aromatic heterocycles. The van der Waals surface area contributed by atoms with Gasteiger partial charge in [-0.05, 0) is 86.4 Å². The van der Waals surface area contributed by atoms with Crippen LogP contribution in [-0.2, 0) is 4.74 Å². The molecule has 6 nitrogen and oxygen atoms in total. The highest BCUT2D eigenvalue weighted by molar-refractivity contribution is 6.14. The van der Waals surface area contributed by atoms with Crippen LogP contribution in [0.1, 0.15) is 39.2 Å². The predicted octanol–water partition coefficient (Wildman–Crippen LogP) is 12.7. The van der Waals surface area contributed by atoms with E-state index in [1.807, 2.05) is 0 Å². The van der Waals surface area contributed by atoms with Crippen LogP contribution in [-0.4, -0.2) is 35.1 Å². The van der Waals surface area contributed by atoms with Gasteiger partial charge in [-0.15, -0.1) is 0 Å². The number of hydrogen-bond acceptors (Lipinski definition) is 4. The van der Waals surface area contributed by atoms with Gasteiger partial charge in [0.1, 0.15) is 5.69 Å². The topological polar surface area (TPSA) is 75.3 Å². The summed E-state index contributed by atoms with van der Waals surface area (Å²) in [6, 6.07) is 43.0. The van der Waals surface area contributed by atoms with Gasteiger partial charge in [0.2, 0.25) is 5.90 Å². The largest absolute Gasteiger partial charge is 0.494 e. The maximum absolute atomic E-state index is 6.44. The molecule has 7 aromatic rings. The van der Waals surface area contributed by atoms with E-state index in [4.69, 9.17) is 19.5 Å². The van der Waals surface area contributed by atoms with Crippen LogP contribution in [0.25, 0.3) is 78.7 Å². The zero-order valence-electron chi connectivity index (χ0n) is 32.4. The quantitative estimate of drug-likeness (QED) is 0.185. The lowest BCUT2D eigenvalue weighted by atomic mass is 9.98. The third kappa shape index (κ3) is 6.09. The van der Waals surface area contributed by atoms with Crippen LogP contribution in [0, 0.1) is 27.7 Å². The van der Waals surface area contributed by atoms with Crippen molar-refractivity contribution in [1.82, 2.24) is 15.0 Å². The minimum atomic E-state index is 0.473. The number of methoxy groups -OCH3 is 2. The first-order valence-electron chi connectivity index (χ1n) is 18.9. The van der Waals surface area contributed by atoms with E-state index < -0.39 is 0 Å². The van der Waals surface area contributed by atoms with Crippen LogP contribution in [0.4, 0.5) is 5.69 Å². The summed E-state index contributed by atoms with van der Waals surface area (Å²) < 4.78 is 12.6. The molecule has 2 aliphatic heterocycles. The third-order valence-corrected chi connectivity index (χ3v) is 10.7. The van der Waals surface area contributed by atoms with Crippen molar-refractivity contribution in [3.63, 3.8) is 0 Å². The van der Waals surface area contributed by atoms with Crippen LogP contribution in [0.5, 0.6) is 5.75 Å². The van der Waals surface area contributed by atoms with Gasteiger partial charge in [0.25, 0.3) is 0 Å². The molecule has 0 amide bonds. The molecule has 5 heterocycles. The molecule has 0 radical (unpaired) electrons. The first-order chi connectivity index (χ1) is 27.3. The summed E-state index contributed by atoms with van der Waals surface area (Å²) in [5, 5.41) is 0. The molecule has 0 aliphatic carbocycles. The molecule has 2 aliphatic rings. The summed E-state index contributed by atoms with van der Waals surface area (Å²) in [6.07, 6.45) is 4.27. The summed E-state index contributed by atoms with van der Waals surface area (Å²) in [5.41, 5.74) is 19.5. The molecule has 9 rings (SSSR count). The second kappa shape index (κ2) is 14.1. The molecule has 0 fully saturated rings. The van der Waals surface area contributed by atoms with Crippen molar-refractivity contribution in [2.45, 2.75) is 27.7 Å². The fraction of sp³-hybridized carbons (Fsp3) is 0.120. The van der Waals surface area contributed by atoms with E-state index in [0.717, 1.165) is 83.5 Å². The van der Waals surface area contributed by atoms with Crippen molar-refractivity contribution in [3.8, 4) is 50.3 Å². The fourth-order valence-electron chi connectivity index (χ4n) is 7.79. The Morgan fingerprint density at radius 1 is 0.393 bits per heavy atom. The van der Waals surface area contributed by atoms with Crippen molar-refractivity contribution in [2.24, 2.45) is 4.99 Å². The van der Waals surface area contributed by atoms with Crippen molar-refractivity contribution >= 4 is 45.8 Å². The fourth-order valence-corrected chi connectivity index (χ4v) is 7.79. The lowest BCUT2D eigenvalue weighted by Crippen LogP contribution is -2.03. The first kappa shape index (κ1) is 34.8. The van der Waals surface area contributed by atoms with E-state index in [1.165, 1.54) is 22.3 Å². The van der Waals surface area contributed by atoms with Gasteiger partial charge in [0, 0.05) is 44.3 Å².